The maximum absolute atomic E-state index is 12.1. The van der Waals surface area contributed by atoms with Crippen LogP contribution in [-0.2, 0) is 4.79 Å². The van der Waals surface area contributed by atoms with E-state index in [0.29, 0.717) is 11.3 Å². The highest BCUT2D eigenvalue weighted by Gasteiger charge is 2.41. The number of rotatable bonds is 4. The summed E-state index contributed by atoms with van der Waals surface area (Å²) in [5, 5.41) is 3.19. The molecule has 2 saturated heterocycles. The zero-order chi connectivity index (χ0) is 14.7. The number of unbranched alkanes of at least 4 members (excludes halogenated alkanes) is 1. The second-order valence-electron chi connectivity index (χ2n) is 6.51. The molecule has 0 aromatic carbocycles. The van der Waals surface area contributed by atoms with Gasteiger partial charge in [-0.1, -0.05) is 13.3 Å². The van der Waals surface area contributed by atoms with Crippen LogP contribution in [0.15, 0.2) is 11.6 Å². The highest BCUT2D eigenvalue weighted by atomic mass is 32.1. The first-order chi connectivity index (χ1) is 10.2. The van der Waals surface area contributed by atoms with Crippen LogP contribution in [0.4, 0.5) is 5.13 Å². The summed E-state index contributed by atoms with van der Waals surface area (Å²) in [5.74, 6) is 0.362. The lowest BCUT2D eigenvalue weighted by molar-refractivity contribution is -0.137. The molecule has 0 aliphatic carbocycles. The molecular weight excluding hydrogens is 282 g/mol. The van der Waals surface area contributed by atoms with Crippen molar-refractivity contribution < 1.29 is 4.79 Å². The van der Waals surface area contributed by atoms with Gasteiger partial charge in [-0.2, -0.15) is 0 Å². The van der Waals surface area contributed by atoms with Gasteiger partial charge in [0.15, 0.2) is 5.13 Å². The van der Waals surface area contributed by atoms with Gasteiger partial charge in [-0.3, -0.25) is 4.79 Å². The molecule has 2 aliphatic rings. The number of piperidine rings is 2. The van der Waals surface area contributed by atoms with Crippen molar-refractivity contribution in [1.82, 2.24) is 9.88 Å². The third-order valence-electron chi connectivity index (χ3n) is 4.88. The zero-order valence-electron chi connectivity index (χ0n) is 12.9. The third kappa shape index (κ3) is 3.23. The second kappa shape index (κ2) is 6.34. The first-order valence-electron chi connectivity index (χ1n) is 8.15. The van der Waals surface area contributed by atoms with Crippen LogP contribution in [0.5, 0.6) is 0 Å². The van der Waals surface area contributed by atoms with Crippen LogP contribution in [0.2, 0.25) is 0 Å². The van der Waals surface area contributed by atoms with Crippen molar-refractivity contribution in [3.05, 3.63) is 11.6 Å². The first kappa shape index (κ1) is 14.8. The van der Waals surface area contributed by atoms with E-state index in [4.69, 9.17) is 0 Å². The van der Waals surface area contributed by atoms with Crippen LogP contribution in [-0.4, -0.2) is 42.0 Å². The molecule has 0 N–H and O–H groups in total. The van der Waals surface area contributed by atoms with Gasteiger partial charge in [0.05, 0.1) is 0 Å². The molecule has 0 unspecified atom stereocenters. The topological polar surface area (TPSA) is 36.4 Å². The summed E-state index contributed by atoms with van der Waals surface area (Å²) in [5.41, 5.74) is 0.297. The Bertz CT molecular complexity index is 476. The average molecular weight is 307 g/mol. The lowest BCUT2D eigenvalue weighted by Crippen LogP contribution is -2.54. The molecule has 3 rings (SSSR count). The van der Waals surface area contributed by atoms with Crippen molar-refractivity contribution in [2.75, 3.05) is 31.1 Å². The standard InChI is InChI=1S/C16H25N3OS/c1-2-3-9-18-12-16(7-5-14(18)20)6-4-10-19(13-16)15-17-8-11-21-15/h8,11H,2-7,9-10,12-13H2,1H3/t16-/m1/s1. The fourth-order valence-electron chi connectivity index (χ4n) is 3.73. The molecule has 1 aromatic rings. The van der Waals surface area contributed by atoms with E-state index in [-0.39, 0.29) is 0 Å². The van der Waals surface area contributed by atoms with E-state index in [1.807, 2.05) is 6.20 Å². The summed E-state index contributed by atoms with van der Waals surface area (Å²) < 4.78 is 0. The van der Waals surface area contributed by atoms with Crippen LogP contribution in [0.1, 0.15) is 45.4 Å². The Labute approximate surface area is 131 Å². The summed E-state index contributed by atoms with van der Waals surface area (Å²) in [6.07, 6.45) is 8.42. The number of anilines is 1. The van der Waals surface area contributed by atoms with Crippen LogP contribution in [0.25, 0.3) is 0 Å². The third-order valence-corrected chi connectivity index (χ3v) is 5.71. The molecule has 4 nitrogen and oxygen atoms in total. The maximum Gasteiger partial charge on any atom is 0.222 e. The van der Waals surface area contributed by atoms with Crippen molar-refractivity contribution in [3.8, 4) is 0 Å². The number of aromatic nitrogens is 1. The van der Waals surface area contributed by atoms with Gasteiger partial charge in [-0.25, -0.2) is 4.98 Å². The minimum atomic E-state index is 0.297. The molecule has 2 fully saturated rings. The van der Waals surface area contributed by atoms with Gasteiger partial charge in [0.1, 0.15) is 0 Å². The molecule has 1 spiro atoms. The van der Waals surface area contributed by atoms with Crippen molar-refractivity contribution in [1.29, 1.82) is 0 Å². The molecule has 0 saturated carbocycles. The van der Waals surface area contributed by atoms with E-state index in [0.717, 1.165) is 57.0 Å². The Morgan fingerprint density at radius 3 is 3.05 bits per heavy atom. The van der Waals surface area contributed by atoms with Gasteiger partial charge in [-0.15, -0.1) is 11.3 Å². The summed E-state index contributed by atoms with van der Waals surface area (Å²) in [4.78, 5) is 21.2. The Hall–Kier alpha value is -1.10. The van der Waals surface area contributed by atoms with Gasteiger partial charge < -0.3 is 9.80 Å². The lowest BCUT2D eigenvalue weighted by atomic mass is 9.73. The van der Waals surface area contributed by atoms with E-state index >= 15 is 0 Å². The largest absolute Gasteiger partial charge is 0.347 e. The van der Waals surface area contributed by atoms with E-state index in [1.54, 1.807) is 11.3 Å². The molecule has 0 bridgehead atoms. The number of hydrogen-bond acceptors (Lipinski definition) is 4. The quantitative estimate of drug-likeness (QED) is 0.857. The SMILES string of the molecule is CCCCN1C[C@@]2(CCCN(c3nccs3)C2)CCC1=O. The molecule has 1 aromatic heterocycles. The number of amides is 1. The fourth-order valence-corrected chi connectivity index (χ4v) is 4.40. The lowest BCUT2D eigenvalue weighted by Gasteiger charge is -2.48. The van der Waals surface area contributed by atoms with Crippen molar-refractivity contribution in [3.63, 3.8) is 0 Å². The van der Waals surface area contributed by atoms with E-state index in [1.165, 1.54) is 12.8 Å². The fraction of sp³-hybridized carbons (Fsp3) is 0.750. The molecule has 21 heavy (non-hydrogen) atoms. The van der Waals surface area contributed by atoms with Gasteiger partial charge in [0, 0.05) is 49.6 Å². The van der Waals surface area contributed by atoms with Crippen LogP contribution < -0.4 is 4.90 Å². The predicted octanol–water partition coefficient (Wildman–Crippen LogP) is 3.15. The van der Waals surface area contributed by atoms with Crippen molar-refractivity contribution in [2.24, 2.45) is 5.41 Å². The molecule has 5 heteroatoms. The molecule has 1 amide bonds. The van der Waals surface area contributed by atoms with Crippen LogP contribution in [0, 0.1) is 5.41 Å². The maximum atomic E-state index is 12.1. The minimum Gasteiger partial charge on any atom is -0.347 e. The minimum absolute atomic E-state index is 0.297. The Kier molecular flexibility index (Phi) is 4.48. The van der Waals surface area contributed by atoms with Gasteiger partial charge in [-0.05, 0) is 25.7 Å². The number of likely N-dealkylation sites (tertiary alicyclic amines) is 1. The Morgan fingerprint density at radius 2 is 2.29 bits per heavy atom. The monoisotopic (exact) mass is 307 g/mol. The highest BCUT2D eigenvalue weighted by Crippen LogP contribution is 2.40. The van der Waals surface area contributed by atoms with Crippen LogP contribution >= 0.6 is 11.3 Å². The van der Waals surface area contributed by atoms with E-state index in [9.17, 15) is 4.79 Å². The number of nitrogens with zero attached hydrogens (tertiary/aromatic N) is 3. The van der Waals surface area contributed by atoms with Crippen molar-refractivity contribution >= 4 is 22.4 Å². The van der Waals surface area contributed by atoms with Crippen LogP contribution in [0.3, 0.4) is 0 Å². The highest BCUT2D eigenvalue weighted by molar-refractivity contribution is 7.13. The van der Waals surface area contributed by atoms with Gasteiger partial charge in [0.25, 0.3) is 0 Å². The number of thiazole rings is 1. The summed E-state index contributed by atoms with van der Waals surface area (Å²) in [6, 6.07) is 0. The number of hydrogen-bond donors (Lipinski definition) is 0. The van der Waals surface area contributed by atoms with Gasteiger partial charge in [0.2, 0.25) is 5.91 Å². The molecule has 0 radical (unpaired) electrons. The summed E-state index contributed by atoms with van der Waals surface area (Å²) in [6.45, 7) is 6.26. The van der Waals surface area contributed by atoms with E-state index < -0.39 is 0 Å². The molecular formula is C16H25N3OS. The van der Waals surface area contributed by atoms with Gasteiger partial charge >= 0.3 is 0 Å². The summed E-state index contributed by atoms with van der Waals surface area (Å²) >= 11 is 1.73. The number of carbonyl (C=O) groups excluding carboxylic acids is 1. The molecule has 2 aliphatic heterocycles. The molecule has 3 heterocycles. The average Bonchev–Trinajstić information content (AvgIpc) is 3.03. The smallest absolute Gasteiger partial charge is 0.222 e. The number of carbonyl (C=O) groups is 1. The molecule has 1 atom stereocenters. The Balaban J connectivity index is 1.69. The second-order valence-corrected chi connectivity index (χ2v) is 7.38. The zero-order valence-corrected chi connectivity index (χ0v) is 13.7. The van der Waals surface area contributed by atoms with Crippen molar-refractivity contribution in [2.45, 2.75) is 45.4 Å². The van der Waals surface area contributed by atoms with E-state index in [2.05, 4.69) is 27.1 Å². The summed E-state index contributed by atoms with van der Waals surface area (Å²) in [7, 11) is 0. The molecule has 116 valence electrons. The predicted molar refractivity (Wildman–Crippen MR) is 86.7 cm³/mol. The Morgan fingerprint density at radius 1 is 1.38 bits per heavy atom. The normalized spacial score (nSPS) is 26.6. The first-order valence-corrected chi connectivity index (χ1v) is 9.03.